The normalized spacial score (nSPS) is 10.6. The second-order valence-corrected chi connectivity index (χ2v) is 4.89. The van der Waals surface area contributed by atoms with Gasteiger partial charge in [-0.3, -0.25) is 0 Å². The third-order valence-corrected chi connectivity index (χ3v) is 3.33. The average Bonchev–Trinajstić information content (AvgIpc) is 2.66. The van der Waals surface area contributed by atoms with E-state index in [1.54, 1.807) is 6.33 Å². The third kappa shape index (κ3) is 2.44. The fourth-order valence-electron chi connectivity index (χ4n) is 1.25. The van der Waals surface area contributed by atoms with Crippen molar-refractivity contribution < 1.29 is 0 Å². The van der Waals surface area contributed by atoms with Crippen LogP contribution in [0.2, 0.25) is 5.02 Å². The topological polar surface area (TPSA) is 17.8 Å². The lowest BCUT2D eigenvalue weighted by Gasteiger charge is -2.04. The largest absolute Gasteiger partial charge is 0.304 e. The van der Waals surface area contributed by atoms with Gasteiger partial charge < -0.3 is 4.57 Å². The third-order valence-electron chi connectivity index (χ3n) is 1.96. The van der Waals surface area contributed by atoms with Crippen LogP contribution in [0, 0.1) is 0 Å². The van der Waals surface area contributed by atoms with E-state index in [9.17, 15) is 0 Å². The summed E-state index contributed by atoms with van der Waals surface area (Å²) >= 11 is 12.9. The summed E-state index contributed by atoms with van der Waals surface area (Å²) < 4.78 is 2.88. The van der Waals surface area contributed by atoms with Crippen LogP contribution in [-0.4, -0.2) is 9.55 Å². The molecule has 2 rings (SSSR count). The first-order chi connectivity index (χ1) is 7.20. The van der Waals surface area contributed by atoms with E-state index in [0.717, 1.165) is 21.2 Å². The van der Waals surface area contributed by atoms with Gasteiger partial charge in [0.1, 0.15) is 0 Å². The SMILES string of the molecule is Clc1cc(Br)ccc1-n1cnc(CBr)c1. The fourth-order valence-corrected chi connectivity index (χ4v) is 2.32. The maximum Gasteiger partial charge on any atom is 0.0996 e. The molecule has 15 heavy (non-hydrogen) atoms. The molecule has 0 N–H and O–H groups in total. The molecule has 78 valence electrons. The van der Waals surface area contributed by atoms with E-state index in [2.05, 4.69) is 36.8 Å². The summed E-state index contributed by atoms with van der Waals surface area (Å²) in [6, 6.07) is 5.77. The Hall–Kier alpha value is -0.320. The van der Waals surface area contributed by atoms with E-state index in [1.807, 2.05) is 29.0 Å². The Balaban J connectivity index is 2.44. The number of imidazole rings is 1. The number of nitrogens with zero attached hydrogens (tertiary/aromatic N) is 2. The van der Waals surface area contributed by atoms with E-state index >= 15 is 0 Å². The van der Waals surface area contributed by atoms with E-state index in [1.165, 1.54) is 0 Å². The zero-order valence-corrected chi connectivity index (χ0v) is 11.6. The first kappa shape index (κ1) is 11.2. The summed E-state index contributed by atoms with van der Waals surface area (Å²) in [7, 11) is 0. The molecule has 5 heteroatoms. The van der Waals surface area contributed by atoms with Crippen molar-refractivity contribution in [1.29, 1.82) is 0 Å². The minimum atomic E-state index is 0.697. The molecule has 0 atom stereocenters. The van der Waals surface area contributed by atoms with E-state index in [4.69, 9.17) is 11.6 Å². The Morgan fingerprint density at radius 3 is 2.80 bits per heavy atom. The van der Waals surface area contributed by atoms with Gasteiger partial charge >= 0.3 is 0 Å². The molecule has 0 fully saturated rings. The fraction of sp³-hybridized carbons (Fsp3) is 0.100. The highest BCUT2D eigenvalue weighted by Crippen LogP contribution is 2.24. The number of benzene rings is 1. The molecular formula is C10H7Br2ClN2. The molecule has 0 aliphatic rings. The molecule has 0 amide bonds. The Kier molecular flexibility index (Phi) is 3.49. The van der Waals surface area contributed by atoms with Crippen LogP contribution in [0.3, 0.4) is 0 Å². The number of rotatable bonds is 2. The van der Waals surface area contributed by atoms with Crippen molar-refractivity contribution in [3.63, 3.8) is 0 Å². The second kappa shape index (κ2) is 4.68. The van der Waals surface area contributed by atoms with E-state index < -0.39 is 0 Å². The Morgan fingerprint density at radius 1 is 1.40 bits per heavy atom. The molecule has 0 aliphatic heterocycles. The number of hydrogen-bond donors (Lipinski definition) is 0. The van der Waals surface area contributed by atoms with Gasteiger partial charge in [-0.25, -0.2) is 4.98 Å². The van der Waals surface area contributed by atoms with Crippen molar-refractivity contribution in [2.45, 2.75) is 5.33 Å². The van der Waals surface area contributed by atoms with Crippen molar-refractivity contribution in [3.05, 3.63) is 45.9 Å². The first-order valence-electron chi connectivity index (χ1n) is 4.25. The summed E-state index contributed by atoms with van der Waals surface area (Å²) in [5, 5.41) is 1.44. The van der Waals surface area contributed by atoms with Crippen LogP contribution < -0.4 is 0 Å². The van der Waals surface area contributed by atoms with Crippen LogP contribution in [0.5, 0.6) is 0 Å². The van der Waals surface area contributed by atoms with Gasteiger partial charge in [0.2, 0.25) is 0 Å². The van der Waals surface area contributed by atoms with Crippen molar-refractivity contribution in [2.75, 3.05) is 0 Å². The highest BCUT2D eigenvalue weighted by Gasteiger charge is 2.04. The maximum atomic E-state index is 6.13. The molecule has 2 nitrogen and oxygen atoms in total. The lowest BCUT2D eigenvalue weighted by molar-refractivity contribution is 1.06. The second-order valence-electron chi connectivity index (χ2n) is 3.00. The van der Waals surface area contributed by atoms with Gasteiger partial charge in [-0.1, -0.05) is 43.5 Å². The summed E-state index contributed by atoms with van der Waals surface area (Å²) in [6.45, 7) is 0. The average molecular weight is 350 g/mol. The van der Waals surface area contributed by atoms with Gasteiger partial charge in [-0.15, -0.1) is 0 Å². The minimum Gasteiger partial charge on any atom is -0.304 e. The molecule has 0 aliphatic carbocycles. The molecule has 0 bridgehead atoms. The molecule has 1 heterocycles. The predicted molar refractivity (Wildman–Crippen MR) is 68.9 cm³/mol. The Labute approximate surface area is 110 Å². The minimum absolute atomic E-state index is 0.697. The van der Waals surface area contributed by atoms with Crippen LogP contribution in [0.4, 0.5) is 0 Å². The van der Waals surface area contributed by atoms with Gasteiger partial charge in [0, 0.05) is 16.0 Å². The molecule has 2 aromatic rings. The van der Waals surface area contributed by atoms with Crippen LogP contribution in [0.1, 0.15) is 5.69 Å². The Morgan fingerprint density at radius 2 is 2.20 bits per heavy atom. The molecule has 1 aromatic carbocycles. The number of aromatic nitrogens is 2. The summed E-state index contributed by atoms with van der Waals surface area (Å²) in [5.41, 5.74) is 1.91. The predicted octanol–water partition coefficient (Wildman–Crippen LogP) is 4.18. The molecule has 0 spiro atoms. The van der Waals surface area contributed by atoms with Gasteiger partial charge in [-0.2, -0.15) is 0 Å². The smallest absolute Gasteiger partial charge is 0.0996 e. The van der Waals surface area contributed by atoms with Crippen molar-refractivity contribution in [3.8, 4) is 5.69 Å². The van der Waals surface area contributed by atoms with Crippen molar-refractivity contribution >= 4 is 43.5 Å². The molecular weight excluding hydrogens is 343 g/mol. The summed E-state index contributed by atoms with van der Waals surface area (Å²) in [6.07, 6.45) is 3.70. The maximum absolute atomic E-state index is 6.13. The summed E-state index contributed by atoms with van der Waals surface area (Å²) in [4.78, 5) is 4.22. The zero-order chi connectivity index (χ0) is 10.8. The van der Waals surface area contributed by atoms with Gasteiger partial charge in [0.15, 0.2) is 0 Å². The standard InChI is InChI=1S/C10H7Br2ClN2/c11-4-8-5-15(6-14-8)10-2-1-7(12)3-9(10)13/h1-3,5-6H,4H2. The number of hydrogen-bond acceptors (Lipinski definition) is 1. The monoisotopic (exact) mass is 348 g/mol. The van der Waals surface area contributed by atoms with Gasteiger partial charge in [0.05, 0.1) is 22.7 Å². The highest BCUT2D eigenvalue weighted by molar-refractivity contribution is 9.10. The Bertz CT molecular complexity index is 482. The molecule has 1 aromatic heterocycles. The molecule has 0 unspecified atom stereocenters. The van der Waals surface area contributed by atoms with E-state index in [-0.39, 0.29) is 0 Å². The van der Waals surface area contributed by atoms with Gasteiger partial charge in [-0.05, 0) is 18.2 Å². The lowest BCUT2D eigenvalue weighted by Crippen LogP contribution is -1.90. The summed E-state index contributed by atoms with van der Waals surface area (Å²) in [5.74, 6) is 0. The number of halogens is 3. The molecule has 0 radical (unpaired) electrons. The quantitative estimate of drug-likeness (QED) is 0.743. The number of alkyl halides is 1. The molecule has 0 saturated carbocycles. The molecule has 0 saturated heterocycles. The first-order valence-corrected chi connectivity index (χ1v) is 6.54. The van der Waals surface area contributed by atoms with E-state index in [0.29, 0.717) is 5.02 Å². The van der Waals surface area contributed by atoms with Gasteiger partial charge in [0.25, 0.3) is 0 Å². The zero-order valence-electron chi connectivity index (χ0n) is 7.62. The highest BCUT2D eigenvalue weighted by atomic mass is 79.9. The van der Waals surface area contributed by atoms with Crippen molar-refractivity contribution in [1.82, 2.24) is 9.55 Å². The van der Waals surface area contributed by atoms with Crippen LogP contribution >= 0.6 is 43.5 Å². The van der Waals surface area contributed by atoms with Crippen LogP contribution in [0.25, 0.3) is 5.69 Å². The van der Waals surface area contributed by atoms with Crippen LogP contribution in [0.15, 0.2) is 35.2 Å². The van der Waals surface area contributed by atoms with Crippen molar-refractivity contribution in [2.24, 2.45) is 0 Å². The van der Waals surface area contributed by atoms with Crippen LogP contribution in [-0.2, 0) is 5.33 Å². The lowest BCUT2D eigenvalue weighted by atomic mass is 10.3.